The summed E-state index contributed by atoms with van der Waals surface area (Å²) in [6.45, 7) is 0.179. The normalized spacial score (nSPS) is 16.1. The molecule has 3 rings (SSSR count). The van der Waals surface area contributed by atoms with Crippen LogP contribution in [-0.2, 0) is 4.79 Å². The second kappa shape index (κ2) is 5.75. The number of ether oxygens (including phenoxy) is 3. The van der Waals surface area contributed by atoms with Gasteiger partial charge in [0.1, 0.15) is 12.4 Å². The number of carbonyl (C=O) groups is 1. The predicted octanol–water partition coefficient (Wildman–Crippen LogP) is 2.47. The van der Waals surface area contributed by atoms with Gasteiger partial charge in [-0.1, -0.05) is 24.3 Å². The summed E-state index contributed by atoms with van der Waals surface area (Å²) < 4.78 is 16.4. The Morgan fingerprint density at radius 2 is 1.86 bits per heavy atom. The van der Waals surface area contributed by atoms with Crippen molar-refractivity contribution in [3.8, 4) is 17.2 Å². The van der Waals surface area contributed by atoms with E-state index in [1.165, 1.54) is 0 Å². The van der Waals surface area contributed by atoms with Gasteiger partial charge in [-0.05, 0) is 24.3 Å². The van der Waals surface area contributed by atoms with Crippen molar-refractivity contribution in [2.24, 2.45) is 0 Å². The predicted molar refractivity (Wildman–Crippen MR) is 78.0 cm³/mol. The first kappa shape index (κ1) is 13.3. The number of hydrogen-bond donors (Lipinski definition) is 1. The lowest BCUT2D eigenvalue weighted by Gasteiger charge is -2.25. The molecule has 0 spiro atoms. The fraction of sp³-hybridized carbons (Fsp3) is 0.188. The highest BCUT2D eigenvalue weighted by atomic mass is 16.6. The van der Waals surface area contributed by atoms with Gasteiger partial charge in [0.15, 0.2) is 11.5 Å². The molecular weight excluding hydrogens is 270 g/mol. The summed E-state index contributed by atoms with van der Waals surface area (Å²) in [5.74, 6) is 1.56. The van der Waals surface area contributed by atoms with E-state index in [1.807, 2.05) is 30.3 Å². The zero-order chi connectivity index (χ0) is 14.7. The Labute approximate surface area is 122 Å². The quantitative estimate of drug-likeness (QED) is 0.941. The van der Waals surface area contributed by atoms with Crippen LogP contribution in [0.2, 0.25) is 0 Å². The minimum absolute atomic E-state index is 0.179. The molecule has 2 aromatic carbocycles. The summed E-state index contributed by atoms with van der Waals surface area (Å²) in [7, 11) is 1.56. The Morgan fingerprint density at radius 1 is 1.14 bits per heavy atom. The molecule has 1 atom stereocenters. The second-order valence-electron chi connectivity index (χ2n) is 4.55. The number of para-hydroxylation sites is 4. The van der Waals surface area contributed by atoms with E-state index < -0.39 is 6.10 Å². The molecule has 0 fully saturated rings. The van der Waals surface area contributed by atoms with Gasteiger partial charge < -0.3 is 19.5 Å². The third kappa shape index (κ3) is 2.76. The molecule has 0 aromatic heterocycles. The van der Waals surface area contributed by atoms with Crippen LogP contribution in [0.3, 0.4) is 0 Å². The van der Waals surface area contributed by atoms with Crippen molar-refractivity contribution in [1.29, 1.82) is 0 Å². The van der Waals surface area contributed by atoms with Crippen molar-refractivity contribution in [2.75, 3.05) is 19.0 Å². The number of hydrogen-bond acceptors (Lipinski definition) is 4. The van der Waals surface area contributed by atoms with Crippen LogP contribution in [0.25, 0.3) is 0 Å². The molecule has 0 saturated heterocycles. The standard InChI is InChI=1S/C16H15NO4/c1-19-12-7-3-2-6-11(12)17-16(18)15-10-20-13-8-4-5-9-14(13)21-15/h2-9,15H,10H2,1H3,(H,17,18). The van der Waals surface area contributed by atoms with E-state index in [0.717, 1.165) is 0 Å². The SMILES string of the molecule is COc1ccccc1NC(=O)C1COc2ccccc2O1. The van der Waals surface area contributed by atoms with Gasteiger partial charge in [-0.25, -0.2) is 0 Å². The van der Waals surface area contributed by atoms with Crippen molar-refractivity contribution in [1.82, 2.24) is 0 Å². The van der Waals surface area contributed by atoms with E-state index in [4.69, 9.17) is 14.2 Å². The van der Waals surface area contributed by atoms with E-state index in [-0.39, 0.29) is 12.5 Å². The van der Waals surface area contributed by atoms with E-state index in [0.29, 0.717) is 22.9 Å². The molecule has 1 aliphatic rings. The molecule has 0 aliphatic carbocycles. The minimum atomic E-state index is -0.690. The van der Waals surface area contributed by atoms with E-state index >= 15 is 0 Å². The lowest BCUT2D eigenvalue weighted by molar-refractivity contribution is -0.125. The highest BCUT2D eigenvalue weighted by Crippen LogP contribution is 2.31. The summed E-state index contributed by atoms with van der Waals surface area (Å²) in [4.78, 5) is 12.3. The molecule has 21 heavy (non-hydrogen) atoms. The maximum atomic E-state index is 12.3. The largest absolute Gasteiger partial charge is 0.495 e. The molecule has 1 N–H and O–H groups in total. The Balaban J connectivity index is 1.72. The van der Waals surface area contributed by atoms with Crippen LogP contribution in [0, 0.1) is 0 Å². The number of fused-ring (bicyclic) bond motifs is 1. The van der Waals surface area contributed by atoms with Gasteiger partial charge >= 0.3 is 0 Å². The highest BCUT2D eigenvalue weighted by molar-refractivity contribution is 5.96. The lowest BCUT2D eigenvalue weighted by atomic mass is 10.2. The maximum absolute atomic E-state index is 12.3. The molecule has 0 bridgehead atoms. The minimum Gasteiger partial charge on any atom is -0.495 e. The summed E-state index contributed by atoms with van der Waals surface area (Å²) in [6.07, 6.45) is -0.690. The molecule has 1 unspecified atom stereocenters. The van der Waals surface area contributed by atoms with Crippen LogP contribution >= 0.6 is 0 Å². The molecule has 2 aromatic rings. The van der Waals surface area contributed by atoms with Crippen LogP contribution in [0.1, 0.15) is 0 Å². The van der Waals surface area contributed by atoms with Crippen molar-refractivity contribution in [3.05, 3.63) is 48.5 Å². The number of nitrogens with one attached hydrogen (secondary N) is 1. The summed E-state index contributed by atoms with van der Waals surface area (Å²) in [6, 6.07) is 14.5. The first-order valence-electron chi connectivity index (χ1n) is 6.60. The average molecular weight is 285 g/mol. The van der Waals surface area contributed by atoms with Gasteiger partial charge in [-0.2, -0.15) is 0 Å². The number of methoxy groups -OCH3 is 1. The van der Waals surface area contributed by atoms with Gasteiger partial charge in [0, 0.05) is 0 Å². The molecule has 1 heterocycles. The topological polar surface area (TPSA) is 56.8 Å². The zero-order valence-corrected chi connectivity index (χ0v) is 11.5. The number of rotatable bonds is 3. The highest BCUT2D eigenvalue weighted by Gasteiger charge is 2.27. The molecular formula is C16H15NO4. The third-order valence-corrected chi connectivity index (χ3v) is 3.17. The number of carbonyl (C=O) groups excluding carboxylic acids is 1. The first-order chi connectivity index (χ1) is 10.3. The molecule has 5 heteroatoms. The Hall–Kier alpha value is -2.69. The van der Waals surface area contributed by atoms with Crippen molar-refractivity contribution < 1.29 is 19.0 Å². The summed E-state index contributed by atoms with van der Waals surface area (Å²) in [5, 5.41) is 2.79. The smallest absolute Gasteiger partial charge is 0.269 e. The van der Waals surface area contributed by atoms with Crippen molar-refractivity contribution >= 4 is 11.6 Å². The number of benzene rings is 2. The third-order valence-electron chi connectivity index (χ3n) is 3.17. The van der Waals surface area contributed by atoms with E-state index in [9.17, 15) is 4.79 Å². The first-order valence-corrected chi connectivity index (χ1v) is 6.60. The average Bonchev–Trinajstić information content (AvgIpc) is 2.55. The molecule has 108 valence electrons. The Morgan fingerprint density at radius 3 is 2.67 bits per heavy atom. The number of amides is 1. The van der Waals surface area contributed by atoms with Crippen molar-refractivity contribution in [3.63, 3.8) is 0 Å². The van der Waals surface area contributed by atoms with Gasteiger partial charge in [0.25, 0.3) is 5.91 Å². The fourth-order valence-electron chi connectivity index (χ4n) is 2.11. The Kier molecular flexibility index (Phi) is 3.64. The van der Waals surface area contributed by atoms with Crippen molar-refractivity contribution in [2.45, 2.75) is 6.10 Å². The van der Waals surface area contributed by atoms with Gasteiger partial charge in [-0.3, -0.25) is 4.79 Å². The van der Waals surface area contributed by atoms with Crippen LogP contribution < -0.4 is 19.5 Å². The molecule has 0 saturated carbocycles. The van der Waals surface area contributed by atoms with E-state index in [1.54, 1.807) is 25.3 Å². The van der Waals surface area contributed by atoms with Crippen LogP contribution in [0.15, 0.2) is 48.5 Å². The molecule has 1 aliphatic heterocycles. The summed E-state index contributed by atoms with van der Waals surface area (Å²) in [5.41, 5.74) is 0.604. The summed E-state index contributed by atoms with van der Waals surface area (Å²) >= 11 is 0. The molecule has 1 amide bonds. The maximum Gasteiger partial charge on any atom is 0.269 e. The van der Waals surface area contributed by atoms with Gasteiger partial charge in [-0.15, -0.1) is 0 Å². The Bertz CT molecular complexity index is 656. The fourth-order valence-corrected chi connectivity index (χ4v) is 2.11. The van der Waals surface area contributed by atoms with Gasteiger partial charge in [0.2, 0.25) is 6.10 Å². The monoisotopic (exact) mass is 285 g/mol. The molecule has 0 radical (unpaired) electrons. The molecule has 5 nitrogen and oxygen atoms in total. The van der Waals surface area contributed by atoms with Crippen LogP contribution in [0.5, 0.6) is 17.2 Å². The van der Waals surface area contributed by atoms with Crippen LogP contribution in [-0.4, -0.2) is 25.7 Å². The van der Waals surface area contributed by atoms with Crippen LogP contribution in [0.4, 0.5) is 5.69 Å². The second-order valence-corrected chi connectivity index (χ2v) is 4.55. The lowest BCUT2D eigenvalue weighted by Crippen LogP contribution is -2.40. The van der Waals surface area contributed by atoms with E-state index in [2.05, 4.69) is 5.32 Å². The van der Waals surface area contributed by atoms with Gasteiger partial charge in [0.05, 0.1) is 12.8 Å². The number of anilines is 1. The zero-order valence-electron chi connectivity index (χ0n) is 11.5.